The molecule has 1 aliphatic rings. The first-order valence-corrected chi connectivity index (χ1v) is 10.6. The molecule has 0 radical (unpaired) electrons. The minimum atomic E-state index is -0.409. The van der Waals surface area contributed by atoms with Crippen LogP contribution in [0.2, 0.25) is 0 Å². The zero-order chi connectivity index (χ0) is 22.2. The lowest BCUT2D eigenvalue weighted by Crippen LogP contribution is -2.44. The average molecular weight is 426 g/mol. The zero-order valence-corrected chi connectivity index (χ0v) is 17.7. The molecule has 1 aliphatic carbocycles. The predicted molar refractivity (Wildman–Crippen MR) is 117 cm³/mol. The molecule has 0 aliphatic heterocycles. The highest BCUT2D eigenvalue weighted by Gasteiger charge is 2.28. The summed E-state index contributed by atoms with van der Waals surface area (Å²) in [5, 5.41) is 5.32. The van der Waals surface area contributed by atoms with Crippen molar-refractivity contribution in [2.24, 2.45) is 5.92 Å². The van der Waals surface area contributed by atoms with E-state index in [0.717, 1.165) is 36.8 Å². The molecule has 31 heavy (non-hydrogen) atoms. The van der Waals surface area contributed by atoms with Gasteiger partial charge in [0, 0.05) is 18.2 Å². The number of carbonyl (C=O) groups excluding carboxylic acids is 3. The van der Waals surface area contributed by atoms with Crippen molar-refractivity contribution in [3.8, 4) is 0 Å². The number of nitrogens with one attached hydrogen (secondary N) is 2. The molecular weight excluding hydrogens is 397 g/mol. The highest BCUT2D eigenvalue weighted by molar-refractivity contribution is 5.95. The predicted octanol–water partition coefficient (Wildman–Crippen LogP) is 3.41. The largest absolute Gasteiger partial charge is 0.345 e. The molecule has 7 heteroatoms. The molecule has 0 bridgehead atoms. The first-order chi connectivity index (χ1) is 14.9. The Balaban J connectivity index is 1.57. The molecule has 2 N–H and O–H groups in total. The Kier molecular flexibility index (Phi) is 7.76. The van der Waals surface area contributed by atoms with Crippen molar-refractivity contribution in [2.75, 3.05) is 18.4 Å². The van der Waals surface area contributed by atoms with Gasteiger partial charge in [-0.25, -0.2) is 4.39 Å². The van der Waals surface area contributed by atoms with E-state index in [1.807, 2.05) is 25.1 Å². The van der Waals surface area contributed by atoms with Gasteiger partial charge in [-0.15, -0.1) is 0 Å². The van der Waals surface area contributed by atoms with E-state index in [2.05, 4.69) is 10.6 Å². The Labute approximate surface area is 181 Å². The number of carbonyl (C=O) groups is 3. The number of hydrogen-bond acceptors (Lipinski definition) is 3. The number of benzene rings is 2. The maximum Gasteiger partial charge on any atom is 0.243 e. The maximum atomic E-state index is 13.2. The van der Waals surface area contributed by atoms with Crippen molar-refractivity contribution < 1.29 is 18.8 Å². The van der Waals surface area contributed by atoms with Crippen molar-refractivity contribution in [1.29, 1.82) is 0 Å². The highest BCUT2D eigenvalue weighted by atomic mass is 19.1. The summed E-state index contributed by atoms with van der Waals surface area (Å²) in [4.78, 5) is 39.1. The fourth-order valence-electron chi connectivity index (χ4n) is 3.79. The molecule has 0 saturated heterocycles. The van der Waals surface area contributed by atoms with E-state index in [0.29, 0.717) is 5.69 Å². The summed E-state index contributed by atoms with van der Waals surface area (Å²) in [6.45, 7) is 1.81. The third kappa shape index (κ3) is 6.91. The van der Waals surface area contributed by atoms with Crippen LogP contribution in [0, 0.1) is 18.7 Å². The smallest absolute Gasteiger partial charge is 0.243 e. The van der Waals surface area contributed by atoms with Crippen LogP contribution < -0.4 is 10.6 Å². The SMILES string of the molecule is Cc1cccc(NC(=O)CNC(=O)CN(Cc2ccc(F)cc2)C(=O)C2CCCC2)c1. The summed E-state index contributed by atoms with van der Waals surface area (Å²) >= 11 is 0. The first kappa shape index (κ1) is 22.5. The standard InChI is InChI=1S/C24H28FN3O3/c1-17-5-4-8-21(13-17)27-22(29)14-26-23(30)16-28(24(31)19-6-2-3-7-19)15-18-9-11-20(25)12-10-18/h4-5,8-13,19H,2-3,6-7,14-16H2,1H3,(H,26,30)(H,27,29). The molecule has 164 valence electrons. The fourth-order valence-corrected chi connectivity index (χ4v) is 3.79. The van der Waals surface area contributed by atoms with Gasteiger partial charge in [-0.3, -0.25) is 14.4 Å². The molecular formula is C24H28FN3O3. The van der Waals surface area contributed by atoms with Gasteiger partial charge in [0.05, 0.1) is 13.1 Å². The normalized spacial score (nSPS) is 13.6. The Morgan fingerprint density at radius 1 is 1.03 bits per heavy atom. The van der Waals surface area contributed by atoms with Gasteiger partial charge in [0.25, 0.3) is 0 Å². The van der Waals surface area contributed by atoms with Crippen LogP contribution in [0.1, 0.15) is 36.8 Å². The molecule has 1 fully saturated rings. The van der Waals surface area contributed by atoms with Gasteiger partial charge in [0.2, 0.25) is 17.7 Å². The van der Waals surface area contributed by atoms with Gasteiger partial charge in [-0.05, 0) is 55.2 Å². The summed E-state index contributed by atoms with van der Waals surface area (Å²) in [5.41, 5.74) is 2.43. The lowest BCUT2D eigenvalue weighted by atomic mass is 10.1. The third-order valence-electron chi connectivity index (χ3n) is 5.39. The minimum Gasteiger partial charge on any atom is -0.345 e. The van der Waals surface area contributed by atoms with Gasteiger partial charge in [-0.1, -0.05) is 37.1 Å². The van der Waals surface area contributed by atoms with Crippen molar-refractivity contribution in [1.82, 2.24) is 10.2 Å². The number of aryl methyl sites for hydroxylation is 1. The second kappa shape index (κ2) is 10.7. The third-order valence-corrected chi connectivity index (χ3v) is 5.39. The molecule has 0 spiro atoms. The maximum absolute atomic E-state index is 13.2. The summed E-state index contributed by atoms with van der Waals surface area (Å²) in [5.74, 6) is -1.26. The highest BCUT2D eigenvalue weighted by Crippen LogP contribution is 2.27. The summed E-state index contributed by atoms with van der Waals surface area (Å²) in [7, 11) is 0. The van der Waals surface area contributed by atoms with Crippen LogP contribution in [-0.4, -0.2) is 35.7 Å². The average Bonchev–Trinajstić information content (AvgIpc) is 3.28. The van der Waals surface area contributed by atoms with Gasteiger partial charge in [0.1, 0.15) is 5.82 Å². The molecule has 6 nitrogen and oxygen atoms in total. The number of amides is 3. The van der Waals surface area contributed by atoms with E-state index in [9.17, 15) is 18.8 Å². The summed E-state index contributed by atoms with van der Waals surface area (Å²) < 4.78 is 13.2. The van der Waals surface area contributed by atoms with Crippen LogP contribution >= 0.6 is 0 Å². The van der Waals surface area contributed by atoms with E-state index in [1.165, 1.54) is 17.0 Å². The van der Waals surface area contributed by atoms with Crippen molar-refractivity contribution >= 4 is 23.4 Å². The van der Waals surface area contributed by atoms with Crippen LogP contribution in [0.4, 0.5) is 10.1 Å². The first-order valence-electron chi connectivity index (χ1n) is 10.6. The lowest BCUT2D eigenvalue weighted by Gasteiger charge is -2.25. The molecule has 0 unspecified atom stereocenters. The number of hydrogen-bond donors (Lipinski definition) is 2. The van der Waals surface area contributed by atoms with Crippen molar-refractivity contribution in [2.45, 2.75) is 39.2 Å². The van der Waals surface area contributed by atoms with Gasteiger partial charge in [-0.2, -0.15) is 0 Å². The molecule has 3 rings (SSSR count). The van der Waals surface area contributed by atoms with Gasteiger partial charge >= 0.3 is 0 Å². The van der Waals surface area contributed by atoms with E-state index in [-0.39, 0.29) is 43.2 Å². The lowest BCUT2D eigenvalue weighted by molar-refractivity contribution is -0.140. The molecule has 2 aromatic rings. The molecule has 0 heterocycles. The van der Waals surface area contributed by atoms with Crippen LogP contribution in [-0.2, 0) is 20.9 Å². The van der Waals surface area contributed by atoms with E-state index in [4.69, 9.17) is 0 Å². The minimum absolute atomic E-state index is 0.0683. The van der Waals surface area contributed by atoms with E-state index < -0.39 is 5.91 Å². The quantitative estimate of drug-likeness (QED) is 0.680. The monoisotopic (exact) mass is 425 g/mol. The fraction of sp³-hybridized carbons (Fsp3) is 0.375. The second-order valence-corrected chi connectivity index (χ2v) is 8.00. The number of rotatable bonds is 8. The van der Waals surface area contributed by atoms with Gasteiger partial charge < -0.3 is 15.5 Å². The Morgan fingerprint density at radius 2 is 1.74 bits per heavy atom. The Hall–Kier alpha value is -3.22. The molecule has 0 atom stereocenters. The molecule has 1 saturated carbocycles. The molecule has 0 aromatic heterocycles. The Morgan fingerprint density at radius 3 is 2.42 bits per heavy atom. The van der Waals surface area contributed by atoms with Crippen LogP contribution in [0.3, 0.4) is 0 Å². The molecule has 3 amide bonds. The van der Waals surface area contributed by atoms with E-state index >= 15 is 0 Å². The van der Waals surface area contributed by atoms with Crippen molar-refractivity contribution in [3.63, 3.8) is 0 Å². The summed E-state index contributed by atoms with van der Waals surface area (Å²) in [6, 6.07) is 13.3. The zero-order valence-electron chi connectivity index (χ0n) is 17.7. The number of halogens is 1. The topological polar surface area (TPSA) is 78.5 Å². The Bertz CT molecular complexity index is 924. The van der Waals surface area contributed by atoms with Crippen LogP contribution in [0.5, 0.6) is 0 Å². The number of nitrogens with zero attached hydrogens (tertiary/aromatic N) is 1. The van der Waals surface area contributed by atoms with Crippen LogP contribution in [0.25, 0.3) is 0 Å². The summed E-state index contributed by atoms with van der Waals surface area (Å²) in [6.07, 6.45) is 3.65. The van der Waals surface area contributed by atoms with Gasteiger partial charge in [0.15, 0.2) is 0 Å². The number of anilines is 1. The van der Waals surface area contributed by atoms with E-state index in [1.54, 1.807) is 18.2 Å². The van der Waals surface area contributed by atoms with Crippen LogP contribution in [0.15, 0.2) is 48.5 Å². The second-order valence-electron chi connectivity index (χ2n) is 8.00. The molecule has 2 aromatic carbocycles. The van der Waals surface area contributed by atoms with Crippen molar-refractivity contribution in [3.05, 3.63) is 65.5 Å².